The number of anilines is 1. The number of rotatable bonds is 2. The number of benzene rings is 1. The van der Waals surface area contributed by atoms with E-state index in [1.807, 2.05) is 39.1 Å². The van der Waals surface area contributed by atoms with Gasteiger partial charge in [-0.3, -0.25) is 4.57 Å². The molecule has 3 aromatic rings. The van der Waals surface area contributed by atoms with Crippen molar-refractivity contribution in [2.45, 2.75) is 25.4 Å². The molecular formula is C17H15ClN8. The van der Waals surface area contributed by atoms with Crippen LogP contribution in [0, 0.1) is 5.92 Å². The van der Waals surface area contributed by atoms with Crippen LogP contribution in [0.4, 0.5) is 5.82 Å². The molecular weight excluding hydrogens is 352 g/mol. The second kappa shape index (κ2) is 4.85. The summed E-state index contributed by atoms with van der Waals surface area (Å²) < 4.78 is 1.93. The van der Waals surface area contributed by atoms with Crippen molar-refractivity contribution in [3.05, 3.63) is 53.2 Å². The second-order valence-corrected chi connectivity index (χ2v) is 7.30. The summed E-state index contributed by atoms with van der Waals surface area (Å²) in [5.41, 5.74) is 3.09. The highest BCUT2D eigenvalue weighted by molar-refractivity contribution is 6.29. The maximum absolute atomic E-state index is 6.37. The molecule has 3 aliphatic rings. The lowest BCUT2D eigenvalue weighted by Gasteiger charge is -2.36. The summed E-state index contributed by atoms with van der Waals surface area (Å²) in [6.45, 7) is 2.24. The number of hydrazine groups is 1. The topological polar surface area (TPSA) is 67.4 Å². The van der Waals surface area contributed by atoms with Gasteiger partial charge in [-0.05, 0) is 35.2 Å². The van der Waals surface area contributed by atoms with Gasteiger partial charge in [0.2, 0.25) is 5.28 Å². The van der Waals surface area contributed by atoms with Gasteiger partial charge in [0.1, 0.15) is 6.34 Å². The number of fused-ring (bicyclic) bond motifs is 6. The molecule has 1 aromatic carbocycles. The fourth-order valence-corrected chi connectivity index (χ4v) is 4.06. The highest BCUT2D eigenvalue weighted by atomic mass is 35.5. The monoisotopic (exact) mass is 366 g/mol. The van der Waals surface area contributed by atoms with Crippen molar-refractivity contribution in [3.8, 4) is 5.69 Å². The largest absolute Gasteiger partial charge is 0.268 e. The van der Waals surface area contributed by atoms with Crippen molar-refractivity contribution >= 4 is 23.8 Å². The number of halogens is 1. The van der Waals surface area contributed by atoms with Crippen LogP contribution in [0.25, 0.3) is 5.69 Å². The first kappa shape index (κ1) is 14.3. The number of aliphatic imine (C=N–C) groups is 1. The Morgan fingerprint density at radius 2 is 2.08 bits per heavy atom. The summed E-state index contributed by atoms with van der Waals surface area (Å²) >= 11 is 6.37. The number of para-hydroxylation sites is 1. The van der Waals surface area contributed by atoms with E-state index in [9.17, 15) is 0 Å². The molecule has 26 heavy (non-hydrogen) atoms. The van der Waals surface area contributed by atoms with Crippen LogP contribution in [0.3, 0.4) is 0 Å². The highest BCUT2D eigenvalue weighted by Gasteiger charge is 2.41. The van der Waals surface area contributed by atoms with Gasteiger partial charge in [-0.25, -0.2) is 15.0 Å². The molecule has 3 unspecified atom stereocenters. The average molecular weight is 367 g/mol. The van der Waals surface area contributed by atoms with Gasteiger partial charge in [-0.2, -0.15) is 5.12 Å². The zero-order valence-electron chi connectivity index (χ0n) is 13.9. The Kier molecular flexibility index (Phi) is 2.67. The lowest BCUT2D eigenvalue weighted by molar-refractivity contribution is 0.541. The van der Waals surface area contributed by atoms with E-state index in [1.54, 1.807) is 17.3 Å². The fourth-order valence-electron chi connectivity index (χ4n) is 3.83. The van der Waals surface area contributed by atoms with E-state index in [0.29, 0.717) is 17.1 Å². The van der Waals surface area contributed by atoms with E-state index in [2.05, 4.69) is 28.3 Å². The smallest absolute Gasteiger partial charge is 0.209 e. The normalized spacial score (nSPS) is 25.2. The second-order valence-electron chi connectivity index (χ2n) is 6.97. The Bertz CT molecular complexity index is 1050. The maximum Gasteiger partial charge on any atom is 0.209 e. The quantitative estimate of drug-likeness (QED) is 0.697. The lowest BCUT2D eigenvalue weighted by Crippen LogP contribution is -2.49. The van der Waals surface area contributed by atoms with Crippen molar-refractivity contribution in [2.75, 3.05) is 10.1 Å². The van der Waals surface area contributed by atoms with Crippen molar-refractivity contribution < 1.29 is 0 Å². The van der Waals surface area contributed by atoms with Crippen LogP contribution < -0.4 is 10.1 Å². The molecule has 0 spiro atoms. The molecule has 0 N–H and O–H groups in total. The lowest BCUT2D eigenvalue weighted by atomic mass is 10.1. The molecule has 0 radical (unpaired) electrons. The molecule has 0 saturated heterocycles. The van der Waals surface area contributed by atoms with Crippen LogP contribution in [0.15, 0.2) is 41.7 Å². The number of hydrogen-bond donors (Lipinski definition) is 0. The minimum atomic E-state index is -0.182. The molecule has 1 aliphatic carbocycles. The van der Waals surface area contributed by atoms with E-state index >= 15 is 0 Å². The van der Waals surface area contributed by atoms with Gasteiger partial charge >= 0.3 is 0 Å². The zero-order valence-corrected chi connectivity index (χ0v) is 14.7. The number of aromatic nitrogens is 5. The summed E-state index contributed by atoms with van der Waals surface area (Å²) in [6, 6.07) is 8.09. The third kappa shape index (κ3) is 1.79. The first-order valence-electron chi connectivity index (χ1n) is 8.59. The zero-order chi connectivity index (χ0) is 17.4. The van der Waals surface area contributed by atoms with E-state index in [0.717, 1.165) is 22.8 Å². The van der Waals surface area contributed by atoms with Crippen molar-refractivity contribution in [2.24, 2.45) is 10.9 Å². The van der Waals surface area contributed by atoms with E-state index < -0.39 is 0 Å². The Labute approximate surface area is 154 Å². The Morgan fingerprint density at radius 1 is 1.23 bits per heavy atom. The van der Waals surface area contributed by atoms with Gasteiger partial charge in [-0.1, -0.05) is 25.1 Å². The number of hydrogen-bond acceptors (Lipinski definition) is 6. The summed E-state index contributed by atoms with van der Waals surface area (Å²) in [4.78, 5) is 10.7. The van der Waals surface area contributed by atoms with Crippen LogP contribution in [0.1, 0.15) is 36.7 Å². The van der Waals surface area contributed by atoms with Gasteiger partial charge in [0.15, 0.2) is 12.0 Å². The molecule has 9 heteroatoms. The minimum absolute atomic E-state index is 0.182. The molecule has 6 rings (SSSR count). The van der Waals surface area contributed by atoms with Gasteiger partial charge in [0, 0.05) is 11.5 Å². The Hall–Kier alpha value is -2.87. The first-order valence-corrected chi connectivity index (χ1v) is 8.97. The summed E-state index contributed by atoms with van der Waals surface area (Å²) in [7, 11) is 0. The highest BCUT2D eigenvalue weighted by Crippen LogP contribution is 2.46. The Morgan fingerprint density at radius 3 is 2.92 bits per heavy atom. The predicted molar refractivity (Wildman–Crippen MR) is 97.0 cm³/mol. The van der Waals surface area contributed by atoms with E-state index in [4.69, 9.17) is 16.6 Å². The average Bonchev–Trinajstić information content (AvgIpc) is 3.05. The molecule has 0 bridgehead atoms. The molecule has 0 amide bonds. The number of nitrogens with zero attached hydrogens (tertiary/aromatic N) is 8. The molecule has 8 nitrogen and oxygen atoms in total. The van der Waals surface area contributed by atoms with Gasteiger partial charge in [0.25, 0.3) is 0 Å². The van der Waals surface area contributed by atoms with E-state index in [1.165, 1.54) is 6.42 Å². The SMILES string of the molecule is CC1CC1c1cn(N2C=NC3c4ccccc4-n4c(cnc4Cl)N32)nn1. The van der Waals surface area contributed by atoms with Gasteiger partial charge < -0.3 is 0 Å². The molecule has 1 saturated carbocycles. The van der Waals surface area contributed by atoms with Crippen LogP contribution >= 0.6 is 11.6 Å². The third-order valence-electron chi connectivity index (χ3n) is 5.35. The molecule has 2 aromatic heterocycles. The fraction of sp³-hybridized carbons (Fsp3) is 0.294. The molecule has 130 valence electrons. The van der Waals surface area contributed by atoms with Crippen molar-refractivity contribution in [1.29, 1.82) is 0 Å². The van der Waals surface area contributed by atoms with E-state index in [-0.39, 0.29) is 6.17 Å². The van der Waals surface area contributed by atoms with Gasteiger partial charge in [0.05, 0.1) is 23.8 Å². The molecule has 4 heterocycles. The van der Waals surface area contributed by atoms with Crippen molar-refractivity contribution in [3.63, 3.8) is 0 Å². The minimum Gasteiger partial charge on any atom is -0.268 e. The standard InChI is InChI=1S/C17H15ClN8/c1-10-6-12(10)13-8-23(22-21-13)24-9-20-16-11-4-2-3-5-14(11)25-15(26(16)24)7-19-17(25)18/h2-5,7-10,12,16H,6H2,1H3. The summed E-state index contributed by atoms with van der Waals surface area (Å²) in [6.07, 6.45) is 6.50. The van der Waals surface area contributed by atoms with Crippen LogP contribution in [0.2, 0.25) is 5.28 Å². The maximum atomic E-state index is 6.37. The Balaban J connectivity index is 1.47. The van der Waals surface area contributed by atoms with Crippen LogP contribution in [0.5, 0.6) is 0 Å². The number of imidazole rings is 1. The van der Waals surface area contributed by atoms with Crippen LogP contribution in [-0.4, -0.2) is 31.0 Å². The first-order chi connectivity index (χ1) is 12.7. The van der Waals surface area contributed by atoms with Gasteiger partial charge in [-0.15, -0.1) is 9.89 Å². The molecule has 2 aliphatic heterocycles. The third-order valence-corrected chi connectivity index (χ3v) is 5.62. The molecule has 3 atom stereocenters. The summed E-state index contributed by atoms with van der Waals surface area (Å²) in [5.74, 6) is 2.04. The summed E-state index contributed by atoms with van der Waals surface area (Å²) in [5, 5.41) is 13.0. The predicted octanol–water partition coefficient (Wildman–Crippen LogP) is 2.65. The van der Waals surface area contributed by atoms with Crippen LogP contribution in [-0.2, 0) is 0 Å². The van der Waals surface area contributed by atoms with Crippen molar-refractivity contribution in [1.82, 2.24) is 24.7 Å². The molecule has 1 fully saturated rings.